The van der Waals surface area contributed by atoms with Crippen molar-refractivity contribution in [1.82, 2.24) is 10.6 Å². The Hall–Kier alpha value is -0.360. The van der Waals surface area contributed by atoms with Crippen LogP contribution in [0.5, 0.6) is 0 Å². The van der Waals surface area contributed by atoms with E-state index in [1.807, 2.05) is 27.7 Å². The van der Waals surface area contributed by atoms with E-state index in [-0.39, 0.29) is 20.7 Å². The second-order valence-electron chi connectivity index (χ2n) is 3.54. The molecule has 0 aromatic rings. The van der Waals surface area contributed by atoms with Gasteiger partial charge in [-0.3, -0.25) is 9.59 Å². The molecule has 0 atom stereocenters. The highest BCUT2D eigenvalue weighted by Gasteiger charge is 2.03. The maximum absolute atomic E-state index is 11.2. The number of rotatable bonds is 8. The van der Waals surface area contributed by atoms with Gasteiger partial charge in [0.05, 0.1) is 0 Å². The third-order valence-corrected chi connectivity index (χ3v) is 4.04. The summed E-state index contributed by atoms with van der Waals surface area (Å²) in [7, 11) is 4.91. The van der Waals surface area contributed by atoms with Crippen LogP contribution < -0.4 is 10.6 Å². The Kier molecular flexibility index (Phi) is 16.3. The summed E-state index contributed by atoms with van der Waals surface area (Å²) in [5.74, 6) is 1.73. The van der Waals surface area contributed by atoms with Crippen LogP contribution in [0.15, 0.2) is 0 Å². The van der Waals surface area contributed by atoms with Crippen LogP contribution in [0.2, 0.25) is 0 Å². The molecule has 0 rings (SSSR count). The van der Waals surface area contributed by atoms with Crippen LogP contribution >= 0.6 is 21.6 Å². The lowest BCUT2D eigenvalue weighted by atomic mass is 10.3. The van der Waals surface area contributed by atoms with Crippen molar-refractivity contribution in [2.24, 2.45) is 0 Å². The molecule has 0 bridgehead atoms. The lowest BCUT2D eigenvalue weighted by Gasteiger charge is -2.07. The summed E-state index contributed by atoms with van der Waals surface area (Å²) in [5.41, 5.74) is 0. The van der Waals surface area contributed by atoms with Gasteiger partial charge < -0.3 is 10.6 Å². The van der Waals surface area contributed by atoms with E-state index in [4.69, 9.17) is 0 Å². The third kappa shape index (κ3) is 15.6. The quantitative estimate of drug-likeness (QED) is 0.534. The minimum Gasteiger partial charge on any atom is -0.359 e. The van der Waals surface area contributed by atoms with Crippen LogP contribution in [0.25, 0.3) is 0 Å². The zero-order valence-corrected chi connectivity index (χ0v) is 13.7. The highest BCUT2D eigenvalue weighted by Crippen LogP contribution is 2.22. The van der Waals surface area contributed by atoms with Crippen molar-refractivity contribution < 1.29 is 12.4 Å². The highest BCUT2D eigenvalue weighted by atomic mass is 33.1. The molecular weight excluding hydrogens is 268 g/mol. The number of hydrogen-bond donors (Lipinski definition) is 2. The van der Waals surface area contributed by atoms with Gasteiger partial charge in [-0.1, -0.05) is 35.4 Å². The number of carbonyl (C=O) groups is 2. The molecule has 0 fully saturated rings. The molecule has 0 spiro atoms. The minimum atomic E-state index is 0. The van der Waals surface area contributed by atoms with Crippen LogP contribution in [-0.4, -0.2) is 36.4 Å². The molecule has 0 saturated heterocycles. The van der Waals surface area contributed by atoms with Gasteiger partial charge in [0.15, 0.2) is 0 Å². The zero-order valence-electron chi connectivity index (χ0n) is 12.0. The van der Waals surface area contributed by atoms with Crippen LogP contribution in [0.1, 0.15) is 43.4 Å². The highest BCUT2D eigenvalue weighted by molar-refractivity contribution is 8.76. The summed E-state index contributed by atoms with van der Waals surface area (Å²) in [6.07, 6.45) is 1.07. The molecule has 0 aromatic carbocycles. The molecule has 0 saturated carbocycles. The van der Waals surface area contributed by atoms with Crippen molar-refractivity contribution in [3.63, 3.8) is 0 Å². The molecule has 112 valence electrons. The summed E-state index contributed by atoms with van der Waals surface area (Å²) in [5, 5.41) is 5.41. The summed E-state index contributed by atoms with van der Waals surface area (Å²) >= 11 is 0. The number of hydrogen-bond acceptors (Lipinski definition) is 4. The third-order valence-electron chi connectivity index (χ3n) is 1.64. The minimum absolute atomic E-state index is 0. The fourth-order valence-corrected chi connectivity index (χ4v) is 2.89. The van der Waals surface area contributed by atoms with Crippen molar-refractivity contribution >= 4 is 33.4 Å². The molecule has 0 unspecified atom stereocenters. The lowest BCUT2D eigenvalue weighted by Crippen LogP contribution is -2.30. The van der Waals surface area contributed by atoms with E-state index in [9.17, 15) is 9.59 Å². The monoisotopic (exact) mass is 298 g/mol. The molecule has 6 heteroatoms. The van der Waals surface area contributed by atoms with Crippen LogP contribution in [-0.2, 0) is 9.59 Å². The molecule has 2 amide bonds. The van der Waals surface area contributed by atoms with Crippen molar-refractivity contribution in [1.29, 1.82) is 0 Å². The first-order chi connectivity index (χ1) is 8.56. The molecule has 4 nitrogen and oxygen atoms in total. The van der Waals surface area contributed by atoms with Gasteiger partial charge in [0.1, 0.15) is 0 Å². The maximum atomic E-state index is 11.2. The molecule has 0 aromatic heterocycles. The summed E-state index contributed by atoms with van der Waals surface area (Å²) in [6.45, 7) is 7.90. The van der Waals surface area contributed by atoms with Gasteiger partial charge in [0, 0.05) is 40.3 Å². The Labute approximate surface area is 122 Å². The van der Waals surface area contributed by atoms with Gasteiger partial charge >= 0.3 is 0 Å². The van der Waals surface area contributed by atoms with Gasteiger partial charge in [0.25, 0.3) is 0 Å². The van der Waals surface area contributed by atoms with Gasteiger partial charge in [0.2, 0.25) is 11.8 Å². The molecule has 0 aliphatic carbocycles. The molecular formula is C12H30N2O2S2. The Morgan fingerprint density at radius 2 is 1.50 bits per heavy atom. The second kappa shape index (κ2) is 14.7. The van der Waals surface area contributed by atoms with Crippen molar-refractivity contribution in [3.05, 3.63) is 0 Å². The second-order valence-corrected chi connectivity index (χ2v) is 6.24. The van der Waals surface area contributed by atoms with E-state index in [2.05, 4.69) is 10.6 Å². The van der Waals surface area contributed by atoms with E-state index in [0.29, 0.717) is 12.8 Å². The van der Waals surface area contributed by atoms with Crippen molar-refractivity contribution in [2.45, 2.75) is 46.6 Å². The average molecular weight is 299 g/mol. The van der Waals surface area contributed by atoms with Crippen molar-refractivity contribution in [2.75, 3.05) is 18.6 Å². The van der Waals surface area contributed by atoms with Gasteiger partial charge in [-0.25, -0.2) is 0 Å². The zero-order chi connectivity index (χ0) is 14.4. The van der Waals surface area contributed by atoms with E-state index in [0.717, 1.165) is 11.5 Å². The first-order valence-electron chi connectivity index (χ1n) is 6.30. The summed E-state index contributed by atoms with van der Waals surface area (Å²) < 4.78 is 0. The summed E-state index contributed by atoms with van der Waals surface area (Å²) in [6, 6.07) is 0.207. The predicted octanol–water partition coefficient (Wildman–Crippen LogP) is 2.94. The first kappa shape index (κ1) is 20.0. The standard InChI is InChI=1S/C10H20N2O2S2.C2H6.2H2/c1-8(2)12-10(14)5-7-16-15-6-4-9(13)11-3;1-2;;/h8H,4-7H2,1-3H3,(H,11,13)(H,12,14);1-2H3;2*1H. The number of amides is 2. The van der Waals surface area contributed by atoms with Crippen molar-refractivity contribution in [3.8, 4) is 0 Å². The van der Waals surface area contributed by atoms with E-state index >= 15 is 0 Å². The molecule has 0 aliphatic rings. The number of carbonyl (C=O) groups excluding carboxylic acids is 2. The normalized spacial score (nSPS) is 9.44. The fraction of sp³-hybridized carbons (Fsp3) is 0.833. The van der Waals surface area contributed by atoms with Crippen LogP contribution in [0.3, 0.4) is 0 Å². The molecule has 2 N–H and O–H groups in total. The topological polar surface area (TPSA) is 58.2 Å². The Morgan fingerprint density at radius 3 is 1.89 bits per heavy atom. The van der Waals surface area contributed by atoms with Crippen LogP contribution in [0.4, 0.5) is 0 Å². The van der Waals surface area contributed by atoms with Gasteiger partial charge in [-0.2, -0.15) is 0 Å². The number of nitrogens with one attached hydrogen (secondary N) is 2. The van der Waals surface area contributed by atoms with Crippen LogP contribution in [0, 0.1) is 0 Å². The maximum Gasteiger partial charge on any atom is 0.221 e. The average Bonchev–Trinajstić information content (AvgIpc) is 2.34. The largest absolute Gasteiger partial charge is 0.359 e. The molecule has 0 aliphatic heterocycles. The van der Waals surface area contributed by atoms with Gasteiger partial charge in [-0.05, 0) is 13.8 Å². The molecule has 0 heterocycles. The van der Waals surface area contributed by atoms with Gasteiger partial charge in [-0.15, -0.1) is 0 Å². The lowest BCUT2D eigenvalue weighted by molar-refractivity contribution is -0.121. The van der Waals surface area contributed by atoms with E-state index in [1.165, 1.54) is 0 Å². The Balaban J connectivity index is -0.000000304. The predicted molar refractivity (Wildman–Crippen MR) is 87.1 cm³/mol. The SMILES string of the molecule is CC.CNC(=O)CCSSCCC(=O)NC(C)C.[HH].[HH]. The van der Waals surface area contributed by atoms with E-state index in [1.54, 1.807) is 28.6 Å². The molecule has 0 radical (unpaired) electrons. The Bertz CT molecular complexity index is 234. The Morgan fingerprint density at radius 1 is 1.06 bits per heavy atom. The first-order valence-corrected chi connectivity index (χ1v) is 8.79. The fourth-order valence-electron chi connectivity index (χ4n) is 0.906. The smallest absolute Gasteiger partial charge is 0.221 e. The summed E-state index contributed by atoms with van der Waals surface area (Å²) in [4.78, 5) is 22.1. The molecule has 18 heavy (non-hydrogen) atoms. The van der Waals surface area contributed by atoms with E-state index < -0.39 is 0 Å².